The van der Waals surface area contributed by atoms with Crippen molar-refractivity contribution in [1.29, 1.82) is 0 Å². The van der Waals surface area contributed by atoms with Gasteiger partial charge in [-0.25, -0.2) is 4.98 Å². The van der Waals surface area contributed by atoms with E-state index in [0.29, 0.717) is 12.8 Å². The second kappa shape index (κ2) is 6.30. The zero-order chi connectivity index (χ0) is 12.8. The number of aromatic amines is 1. The van der Waals surface area contributed by atoms with Crippen LogP contribution < -0.4 is 5.32 Å². The smallest absolute Gasteiger partial charge is 0.220 e. The van der Waals surface area contributed by atoms with Crippen LogP contribution in [0.25, 0.3) is 0 Å². The maximum atomic E-state index is 11.8. The SMILES string of the molecule is CC[C@H](NC(=O)CCc1cn[nH]c1)c1nccs1. The first-order valence-corrected chi connectivity index (χ1v) is 6.84. The van der Waals surface area contributed by atoms with Gasteiger partial charge in [-0.1, -0.05) is 6.92 Å². The Labute approximate surface area is 110 Å². The molecule has 6 heteroatoms. The van der Waals surface area contributed by atoms with Crippen molar-refractivity contribution >= 4 is 17.2 Å². The Bertz CT molecular complexity index is 466. The summed E-state index contributed by atoms with van der Waals surface area (Å²) < 4.78 is 0. The number of amides is 1. The average molecular weight is 264 g/mol. The molecule has 2 rings (SSSR count). The number of rotatable bonds is 6. The minimum Gasteiger partial charge on any atom is -0.347 e. The first-order chi connectivity index (χ1) is 8.79. The molecule has 0 unspecified atom stereocenters. The van der Waals surface area contributed by atoms with Crippen LogP contribution in [0.5, 0.6) is 0 Å². The number of nitrogens with zero attached hydrogens (tertiary/aromatic N) is 2. The summed E-state index contributed by atoms with van der Waals surface area (Å²) in [5.41, 5.74) is 1.05. The molecular formula is C12H16N4OS. The van der Waals surface area contributed by atoms with Gasteiger partial charge in [0, 0.05) is 24.2 Å². The predicted octanol–water partition coefficient (Wildman–Crippen LogP) is 2.07. The van der Waals surface area contributed by atoms with Gasteiger partial charge in [0.05, 0.1) is 12.2 Å². The molecule has 5 nitrogen and oxygen atoms in total. The van der Waals surface area contributed by atoms with Crippen LogP contribution in [0.4, 0.5) is 0 Å². The fourth-order valence-electron chi connectivity index (χ4n) is 1.68. The second-order valence-electron chi connectivity index (χ2n) is 4.01. The normalized spacial score (nSPS) is 12.3. The third kappa shape index (κ3) is 3.40. The van der Waals surface area contributed by atoms with E-state index >= 15 is 0 Å². The molecule has 0 radical (unpaired) electrons. The van der Waals surface area contributed by atoms with Crippen LogP contribution in [-0.2, 0) is 11.2 Å². The molecule has 0 aliphatic carbocycles. The molecular weight excluding hydrogens is 248 g/mol. The van der Waals surface area contributed by atoms with Gasteiger partial charge in [0.25, 0.3) is 0 Å². The molecule has 0 fully saturated rings. The molecule has 1 amide bonds. The third-order valence-corrected chi connectivity index (χ3v) is 3.58. The number of carbonyl (C=O) groups excluding carboxylic acids is 1. The Morgan fingerprint density at radius 1 is 1.61 bits per heavy atom. The van der Waals surface area contributed by atoms with E-state index in [9.17, 15) is 4.79 Å². The van der Waals surface area contributed by atoms with E-state index in [2.05, 4.69) is 20.5 Å². The monoisotopic (exact) mass is 264 g/mol. The Morgan fingerprint density at radius 3 is 3.11 bits per heavy atom. The summed E-state index contributed by atoms with van der Waals surface area (Å²) in [6.07, 6.45) is 7.35. The minimum atomic E-state index is 0.0295. The number of thiazole rings is 1. The van der Waals surface area contributed by atoms with Crippen molar-refractivity contribution in [2.24, 2.45) is 0 Å². The molecule has 0 saturated carbocycles. The first kappa shape index (κ1) is 12.8. The highest BCUT2D eigenvalue weighted by molar-refractivity contribution is 7.09. The molecule has 2 aromatic heterocycles. The number of nitrogens with one attached hydrogen (secondary N) is 2. The van der Waals surface area contributed by atoms with E-state index in [0.717, 1.165) is 17.0 Å². The fourth-order valence-corrected chi connectivity index (χ4v) is 2.46. The summed E-state index contributed by atoms with van der Waals surface area (Å²) in [6.45, 7) is 2.04. The second-order valence-corrected chi connectivity index (χ2v) is 4.93. The summed E-state index contributed by atoms with van der Waals surface area (Å²) >= 11 is 1.57. The van der Waals surface area contributed by atoms with Crippen LogP contribution in [0.3, 0.4) is 0 Å². The molecule has 0 saturated heterocycles. The Hall–Kier alpha value is -1.69. The standard InChI is InChI=1S/C12H16N4OS/c1-2-10(12-13-5-6-18-12)16-11(17)4-3-9-7-14-15-8-9/h5-8,10H,2-4H2,1H3,(H,14,15)(H,16,17)/t10-/m0/s1. The van der Waals surface area contributed by atoms with Gasteiger partial charge >= 0.3 is 0 Å². The van der Waals surface area contributed by atoms with Gasteiger partial charge in [-0.05, 0) is 18.4 Å². The summed E-state index contributed by atoms with van der Waals surface area (Å²) in [4.78, 5) is 16.1. The predicted molar refractivity (Wildman–Crippen MR) is 70.2 cm³/mol. The van der Waals surface area contributed by atoms with Crippen molar-refractivity contribution in [2.75, 3.05) is 0 Å². The Balaban J connectivity index is 1.82. The van der Waals surface area contributed by atoms with Crippen molar-refractivity contribution in [3.8, 4) is 0 Å². The average Bonchev–Trinajstić information content (AvgIpc) is 3.05. The molecule has 0 spiro atoms. The largest absolute Gasteiger partial charge is 0.347 e. The van der Waals surface area contributed by atoms with E-state index in [1.165, 1.54) is 0 Å². The lowest BCUT2D eigenvalue weighted by molar-refractivity contribution is -0.121. The van der Waals surface area contributed by atoms with E-state index < -0.39 is 0 Å². The lowest BCUT2D eigenvalue weighted by atomic mass is 10.1. The zero-order valence-electron chi connectivity index (χ0n) is 10.2. The first-order valence-electron chi connectivity index (χ1n) is 5.96. The number of H-pyrrole nitrogens is 1. The fraction of sp³-hybridized carbons (Fsp3) is 0.417. The maximum absolute atomic E-state index is 11.8. The topological polar surface area (TPSA) is 70.7 Å². The molecule has 1 atom stereocenters. The molecule has 0 bridgehead atoms. The summed E-state index contributed by atoms with van der Waals surface area (Å²) in [6, 6.07) is 0.0295. The van der Waals surface area contributed by atoms with Crippen molar-refractivity contribution < 1.29 is 4.79 Å². The maximum Gasteiger partial charge on any atom is 0.220 e. The summed E-state index contributed by atoms with van der Waals surface area (Å²) in [5.74, 6) is 0.0539. The van der Waals surface area contributed by atoms with Crippen LogP contribution in [0.1, 0.15) is 36.4 Å². The third-order valence-electron chi connectivity index (χ3n) is 2.69. The number of hydrogen-bond donors (Lipinski definition) is 2. The zero-order valence-corrected chi connectivity index (χ0v) is 11.0. The van der Waals surface area contributed by atoms with E-state index in [1.807, 2.05) is 18.5 Å². The molecule has 0 aromatic carbocycles. The molecule has 2 aromatic rings. The van der Waals surface area contributed by atoms with Gasteiger partial charge in [-0.15, -0.1) is 11.3 Å². The number of aromatic nitrogens is 3. The van der Waals surface area contributed by atoms with Crippen LogP contribution >= 0.6 is 11.3 Å². The van der Waals surface area contributed by atoms with Gasteiger partial charge in [0.2, 0.25) is 5.91 Å². The highest BCUT2D eigenvalue weighted by Crippen LogP contribution is 2.18. The molecule has 0 aliphatic heterocycles. The molecule has 2 N–H and O–H groups in total. The van der Waals surface area contributed by atoms with Crippen LogP contribution in [0, 0.1) is 0 Å². The molecule has 96 valence electrons. The van der Waals surface area contributed by atoms with Gasteiger partial charge in [0.15, 0.2) is 0 Å². The van der Waals surface area contributed by atoms with Gasteiger partial charge in [0.1, 0.15) is 5.01 Å². The van der Waals surface area contributed by atoms with Crippen molar-refractivity contribution in [3.63, 3.8) is 0 Å². The van der Waals surface area contributed by atoms with E-state index in [4.69, 9.17) is 0 Å². The summed E-state index contributed by atoms with van der Waals surface area (Å²) in [5, 5.41) is 12.5. The summed E-state index contributed by atoms with van der Waals surface area (Å²) in [7, 11) is 0. The quantitative estimate of drug-likeness (QED) is 0.839. The van der Waals surface area contributed by atoms with Crippen LogP contribution in [0.15, 0.2) is 24.0 Å². The number of carbonyl (C=O) groups is 1. The van der Waals surface area contributed by atoms with Crippen molar-refractivity contribution in [2.45, 2.75) is 32.2 Å². The van der Waals surface area contributed by atoms with Gasteiger partial charge < -0.3 is 5.32 Å². The van der Waals surface area contributed by atoms with Crippen LogP contribution in [0.2, 0.25) is 0 Å². The Kier molecular flexibility index (Phi) is 4.46. The minimum absolute atomic E-state index is 0.0295. The molecule has 0 aliphatic rings. The highest BCUT2D eigenvalue weighted by atomic mass is 32.1. The lowest BCUT2D eigenvalue weighted by Gasteiger charge is -2.14. The van der Waals surface area contributed by atoms with Gasteiger partial charge in [-0.2, -0.15) is 5.10 Å². The van der Waals surface area contributed by atoms with Crippen LogP contribution in [-0.4, -0.2) is 21.1 Å². The van der Waals surface area contributed by atoms with E-state index in [-0.39, 0.29) is 11.9 Å². The molecule has 18 heavy (non-hydrogen) atoms. The molecule has 2 heterocycles. The lowest BCUT2D eigenvalue weighted by Crippen LogP contribution is -2.28. The highest BCUT2D eigenvalue weighted by Gasteiger charge is 2.14. The van der Waals surface area contributed by atoms with Gasteiger partial charge in [-0.3, -0.25) is 9.89 Å². The number of aryl methyl sites for hydroxylation is 1. The number of hydrogen-bond acceptors (Lipinski definition) is 4. The van der Waals surface area contributed by atoms with E-state index in [1.54, 1.807) is 23.7 Å². The Morgan fingerprint density at radius 2 is 2.50 bits per heavy atom. The van der Waals surface area contributed by atoms with Crippen molar-refractivity contribution in [1.82, 2.24) is 20.5 Å². The van der Waals surface area contributed by atoms with Crippen molar-refractivity contribution in [3.05, 3.63) is 34.5 Å².